The van der Waals surface area contributed by atoms with Crippen molar-refractivity contribution in [2.45, 2.75) is 39.2 Å². The summed E-state index contributed by atoms with van der Waals surface area (Å²) in [6, 6.07) is -1.80. The lowest BCUT2D eigenvalue weighted by molar-refractivity contribution is 0.252. The highest BCUT2D eigenvalue weighted by molar-refractivity contribution is 5.97. The number of nitrogens with two attached hydrogens (primary N) is 4. The van der Waals surface area contributed by atoms with Crippen molar-refractivity contribution < 1.29 is 9.59 Å². The normalized spacial score (nSPS) is 10.4. The minimum atomic E-state index is -0.903. The molecule has 118 valence electrons. The molecule has 0 fully saturated rings. The van der Waals surface area contributed by atoms with E-state index >= 15 is 0 Å². The number of nitrogens with zero attached hydrogens (tertiary/aromatic N) is 4. The Kier molecular flexibility index (Phi) is 5.93. The van der Waals surface area contributed by atoms with Crippen molar-refractivity contribution in [3.63, 3.8) is 0 Å². The van der Waals surface area contributed by atoms with Gasteiger partial charge in [-0.25, -0.2) is 36.0 Å². The van der Waals surface area contributed by atoms with Crippen molar-refractivity contribution in [1.29, 1.82) is 0 Å². The monoisotopic (exact) mass is 298 g/mol. The Morgan fingerprint density at radius 1 is 1.14 bits per heavy atom. The van der Waals surface area contributed by atoms with Crippen molar-refractivity contribution in [3.05, 3.63) is 6.20 Å². The van der Waals surface area contributed by atoms with Crippen LogP contribution in [0.15, 0.2) is 6.20 Å². The first kappa shape index (κ1) is 16.7. The molecule has 0 radical (unpaired) electrons. The average Bonchev–Trinajstić information content (AvgIpc) is 2.85. The molecule has 0 saturated heterocycles. The fourth-order valence-electron chi connectivity index (χ4n) is 1.86. The quantitative estimate of drug-likeness (QED) is 0.240. The van der Waals surface area contributed by atoms with Crippen molar-refractivity contribution in [1.82, 2.24) is 9.78 Å². The Morgan fingerprint density at radius 2 is 1.76 bits per heavy atom. The summed E-state index contributed by atoms with van der Waals surface area (Å²) in [4.78, 5) is 22.4. The number of anilines is 2. The molecule has 0 spiro atoms. The Labute approximate surface area is 122 Å². The Hall–Kier alpha value is -2.33. The van der Waals surface area contributed by atoms with Gasteiger partial charge in [0, 0.05) is 6.54 Å². The number of hydrazine groups is 2. The fraction of sp³-hybridized carbons (Fsp3) is 0.545. The van der Waals surface area contributed by atoms with Crippen LogP contribution in [0, 0.1) is 0 Å². The van der Waals surface area contributed by atoms with E-state index in [-0.39, 0.29) is 11.5 Å². The van der Waals surface area contributed by atoms with Gasteiger partial charge in [-0.2, -0.15) is 5.10 Å². The van der Waals surface area contributed by atoms with E-state index in [2.05, 4.69) is 12.0 Å². The number of carbonyl (C=O) groups excluding carboxylic acids is 2. The van der Waals surface area contributed by atoms with Crippen LogP contribution in [0.3, 0.4) is 0 Å². The van der Waals surface area contributed by atoms with E-state index in [1.165, 1.54) is 10.9 Å². The molecule has 0 aliphatic heterocycles. The number of primary amides is 2. The molecule has 1 aromatic heterocycles. The number of hydrogen-bond acceptors (Lipinski definition) is 5. The van der Waals surface area contributed by atoms with Gasteiger partial charge in [-0.15, -0.1) is 0 Å². The van der Waals surface area contributed by atoms with Crippen LogP contribution in [0.2, 0.25) is 0 Å². The number of amides is 4. The number of carbonyl (C=O) groups is 2. The first-order chi connectivity index (χ1) is 9.90. The molecule has 0 bridgehead atoms. The van der Waals surface area contributed by atoms with Gasteiger partial charge in [-0.1, -0.05) is 26.2 Å². The van der Waals surface area contributed by atoms with E-state index in [4.69, 9.17) is 23.2 Å². The summed E-state index contributed by atoms with van der Waals surface area (Å²) in [5.74, 6) is 11.3. The highest BCUT2D eigenvalue weighted by Crippen LogP contribution is 2.26. The molecule has 0 unspecified atom stereocenters. The zero-order chi connectivity index (χ0) is 16.0. The topological polar surface area (TPSA) is 163 Å². The van der Waals surface area contributed by atoms with Crippen molar-refractivity contribution in [2.24, 2.45) is 23.2 Å². The van der Waals surface area contributed by atoms with E-state index in [1.807, 2.05) is 0 Å². The second-order valence-corrected chi connectivity index (χ2v) is 4.55. The first-order valence-corrected chi connectivity index (χ1v) is 6.64. The molecule has 1 rings (SSSR count). The lowest BCUT2D eigenvalue weighted by Crippen LogP contribution is -2.46. The van der Waals surface area contributed by atoms with E-state index in [0.717, 1.165) is 25.7 Å². The number of aromatic nitrogens is 2. The van der Waals surface area contributed by atoms with Crippen molar-refractivity contribution in [2.75, 3.05) is 10.0 Å². The zero-order valence-electron chi connectivity index (χ0n) is 12.0. The number of unbranched alkanes of at least 4 members (excludes halogenated alkanes) is 3. The summed E-state index contributed by atoms with van der Waals surface area (Å²) in [5.41, 5.74) is 10.4. The number of rotatable bonds is 7. The maximum atomic E-state index is 11.3. The fourth-order valence-corrected chi connectivity index (χ4v) is 1.86. The van der Waals surface area contributed by atoms with Gasteiger partial charge in [0.25, 0.3) is 0 Å². The molecule has 0 atom stereocenters. The Bertz CT molecular complexity index is 500. The third kappa shape index (κ3) is 4.07. The number of hydrogen-bond donors (Lipinski definition) is 4. The van der Waals surface area contributed by atoms with Gasteiger partial charge in [0.1, 0.15) is 5.69 Å². The molecule has 0 aromatic carbocycles. The van der Waals surface area contributed by atoms with Gasteiger partial charge >= 0.3 is 12.1 Å². The molecule has 10 nitrogen and oxygen atoms in total. The van der Waals surface area contributed by atoms with Gasteiger partial charge in [-0.3, -0.25) is 0 Å². The highest BCUT2D eigenvalue weighted by atomic mass is 16.2. The summed E-state index contributed by atoms with van der Waals surface area (Å²) in [5, 5.41) is 5.42. The molecular formula is C11H22N8O2. The average molecular weight is 298 g/mol. The van der Waals surface area contributed by atoms with E-state index in [0.29, 0.717) is 16.6 Å². The van der Waals surface area contributed by atoms with E-state index in [1.54, 1.807) is 0 Å². The molecule has 0 aliphatic carbocycles. The molecule has 0 aliphatic rings. The molecule has 0 saturated carbocycles. The number of aryl methyl sites for hydroxylation is 1. The minimum absolute atomic E-state index is 0.110. The lowest BCUT2D eigenvalue weighted by atomic mass is 10.2. The van der Waals surface area contributed by atoms with Crippen LogP contribution < -0.4 is 33.2 Å². The SMILES string of the molecule is CCCCCCn1ncc(N(N)C(N)=O)c1N(N)C(N)=O. The summed E-state index contributed by atoms with van der Waals surface area (Å²) >= 11 is 0. The van der Waals surface area contributed by atoms with Crippen molar-refractivity contribution in [3.8, 4) is 0 Å². The Balaban J connectivity index is 3.02. The largest absolute Gasteiger partial charge is 0.350 e. The van der Waals surface area contributed by atoms with Gasteiger partial charge < -0.3 is 11.5 Å². The Morgan fingerprint density at radius 3 is 2.29 bits per heavy atom. The van der Waals surface area contributed by atoms with Crippen LogP contribution in [0.4, 0.5) is 21.1 Å². The lowest BCUT2D eigenvalue weighted by Gasteiger charge is -2.20. The number of urea groups is 2. The van der Waals surface area contributed by atoms with Crippen molar-refractivity contribution >= 4 is 23.6 Å². The van der Waals surface area contributed by atoms with E-state index in [9.17, 15) is 9.59 Å². The maximum Gasteiger partial charge on any atom is 0.335 e. The van der Waals surface area contributed by atoms with Gasteiger partial charge in [0.2, 0.25) is 0 Å². The summed E-state index contributed by atoms with van der Waals surface area (Å²) < 4.78 is 1.47. The third-order valence-electron chi connectivity index (χ3n) is 2.98. The van der Waals surface area contributed by atoms with Gasteiger partial charge in [0.15, 0.2) is 5.82 Å². The zero-order valence-corrected chi connectivity index (χ0v) is 12.0. The van der Waals surface area contributed by atoms with Gasteiger partial charge in [0.05, 0.1) is 6.20 Å². The second kappa shape index (κ2) is 7.45. The highest BCUT2D eigenvalue weighted by Gasteiger charge is 2.24. The summed E-state index contributed by atoms with van der Waals surface area (Å²) in [6.07, 6.45) is 5.35. The minimum Gasteiger partial charge on any atom is -0.350 e. The summed E-state index contributed by atoms with van der Waals surface area (Å²) in [7, 11) is 0. The van der Waals surface area contributed by atoms with Crippen LogP contribution in [0.5, 0.6) is 0 Å². The van der Waals surface area contributed by atoms with Crippen LogP contribution in [0.25, 0.3) is 0 Å². The van der Waals surface area contributed by atoms with E-state index < -0.39 is 12.1 Å². The standard InChI is InChI=1S/C11H22N8O2/c1-2-3-4-5-6-17-9(19(15)11(13)21)8(7-16-17)18(14)10(12)20/h7H,2-6,14-15H2,1H3,(H2,12,20)(H2,13,21). The molecule has 21 heavy (non-hydrogen) atoms. The van der Waals surface area contributed by atoms with Crippen LogP contribution >= 0.6 is 0 Å². The molecule has 1 heterocycles. The molecule has 8 N–H and O–H groups in total. The summed E-state index contributed by atoms with van der Waals surface area (Å²) in [6.45, 7) is 2.62. The predicted molar refractivity (Wildman–Crippen MR) is 78.9 cm³/mol. The molecule has 10 heteroatoms. The van der Waals surface area contributed by atoms with Crippen LogP contribution in [0.1, 0.15) is 32.6 Å². The van der Waals surface area contributed by atoms with Gasteiger partial charge in [-0.05, 0) is 6.42 Å². The second-order valence-electron chi connectivity index (χ2n) is 4.55. The molecule has 4 amide bonds. The maximum absolute atomic E-state index is 11.3. The predicted octanol–water partition coefficient (Wildman–Crippen LogP) is -0.0190. The molecular weight excluding hydrogens is 276 g/mol. The first-order valence-electron chi connectivity index (χ1n) is 6.64. The smallest absolute Gasteiger partial charge is 0.335 e. The third-order valence-corrected chi connectivity index (χ3v) is 2.98. The molecule has 1 aromatic rings. The van der Waals surface area contributed by atoms with Crippen LogP contribution in [-0.2, 0) is 6.54 Å². The van der Waals surface area contributed by atoms with Crippen LogP contribution in [-0.4, -0.2) is 21.8 Å².